The van der Waals surface area contributed by atoms with Crippen LogP contribution in [0, 0.1) is 0 Å². The Bertz CT molecular complexity index is 670. The molecule has 0 radical (unpaired) electrons. The molecule has 1 amide bonds. The lowest BCUT2D eigenvalue weighted by Crippen LogP contribution is -2.10. The topological polar surface area (TPSA) is 93.0 Å². The highest BCUT2D eigenvalue weighted by Crippen LogP contribution is 2.21. The molecule has 2 rings (SSSR count). The third kappa shape index (κ3) is 1.67. The van der Waals surface area contributed by atoms with Gasteiger partial charge in [0.15, 0.2) is 9.84 Å². The quantitative estimate of drug-likeness (QED) is 0.805. The minimum Gasteiger partial charge on any atom is -0.366 e. The van der Waals surface area contributed by atoms with E-state index in [2.05, 4.69) is 4.98 Å². The van der Waals surface area contributed by atoms with Gasteiger partial charge in [-0.05, 0) is 18.2 Å². The van der Waals surface area contributed by atoms with Crippen molar-refractivity contribution in [1.29, 1.82) is 0 Å². The Morgan fingerprint density at radius 2 is 2.06 bits per heavy atom. The number of rotatable bonds is 2. The number of benzene rings is 1. The lowest BCUT2D eigenvalue weighted by molar-refractivity contribution is 0.100. The molecule has 0 aliphatic carbocycles. The standard InChI is InChI=1S/C10H10N2O3S/c1-16(14,15)6-2-3-9-7(4-6)8(5-12-9)10(11)13/h2-5,12H,1H3,(H2,11,13). The van der Waals surface area contributed by atoms with Crippen molar-refractivity contribution in [3.63, 3.8) is 0 Å². The third-order valence-corrected chi connectivity index (χ3v) is 3.46. The monoisotopic (exact) mass is 238 g/mol. The summed E-state index contributed by atoms with van der Waals surface area (Å²) in [7, 11) is -3.28. The van der Waals surface area contributed by atoms with E-state index in [1.54, 1.807) is 6.07 Å². The molecule has 0 unspecified atom stereocenters. The van der Waals surface area contributed by atoms with Crippen LogP contribution in [0.25, 0.3) is 10.9 Å². The number of nitrogens with one attached hydrogen (secondary N) is 1. The van der Waals surface area contributed by atoms with Crippen LogP contribution < -0.4 is 5.73 Å². The number of carbonyl (C=O) groups excluding carboxylic acids is 1. The van der Waals surface area contributed by atoms with Gasteiger partial charge in [-0.15, -0.1) is 0 Å². The van der Waals surface area contributed by atoms with Gasteiger partial charge in [0.05, 0.1) is 10.5 Å². The fourth-order valence-corrected chi connectivity index (χ4v) is 2.18. The van der Waals surface area contributed by atoms with E-state index in [9.17, 15) is 13.2 Å². The molecule has 1 aromatic heterocycles. The Morgan fingerprint density at radius 3 is 2.62 bits per heavy atom. The van der Waals surface area contributed by atoms with Crippen molar-refractivity contribution in [2.45, 2.75) is 4.90 Å². The van der Waals surface area contributed by atoms with E-state index < -0.39 is 15.7 Å². The summed E-state index contributed by atoms with van der Waals surface area (Å²) in [6.45, 7) is 0. The molecule has 0 aliphatic rings. The van der Waals surface area contributed by atoms with Crippen LogP contribution in [0.5, 0.6) is 0 Å². The normalized spacial score (nSPS) is 11.8. The van der Waals surface area contributed by atoms with Crippen molar-refractivity contribution >= 4 is 26.6 Å². The van der Waals surface area contributed by atoms with Crippen LogP contribution in [0.3, 0.4) is 0 Å². The predicted octanol–water partition coefficient (Wildman–Crippen LogP) is 0.670. The van der Waals surface area contributed by atoms with E-state index in [-0.39, 0.29) is 4.90 Å². The van der Waals surface area contributed by atoms with Crippen LogP contribution in [-0.4, -0.2) is 25.6 Å². The minimum absolute atomic E-state index is 0.169. The Kier molecular flexibility index (Phi) is 2.23. The van der Waals surface area contributed by atoms with Crippen molar-refractivity contribution in [3.05, 3.63) is 30.0 Å². The molecule has 16 heavy (non-hydrogen) atoms. The number of hydrogen-bond acceptors (Lipinski definition) is 3. The minimum atomic E-state index is -3.28. The molecule has 2 aromatic rings. The molecule has 0 bridgehead atoms. The molecule has 1 heterocycles. The summed E-state index contributed by atoms with van der Waals surface area (Å²) in [5.74, 6) is -0.586. The molecule has 5 nitrogen and oxygen atoms in total. The number of sulfone groups is 1. The van der Waals surface area contributed by atoms with Crippen LogP contribution in [0.1, 0.15) is 10.4 Å². The molecule has 0 fully saturated rings. The number of nitrogens with two attached hydrogens (primary N) is 1. The van der Waals surface area contributed by atoms with Crippen molar-refractivity contribution in [1.82, 2.24) is 4.98 Å². The van der Waals surface area contributed by atoms with E-state index >= 15 is 0 Å². The van der Waals surface area contributed by atoms with Gasteiger partial charge in [0.1, 0.15) is 0 Å². The van der Waals surface area contributed by atoms with Crippen LogP contribution >= 0.6 is 0 Å². The molecule has 0 atom stereocenters. The summed E-state index contributed by atoms with van der Waals surface area (Å²) >= 11 is 0. The van der Waals surface area contributed by atoms with E-state index in [0.29, 0.717) is 16.5 Å². The van der Waals surface area contributed by atoms with Gasteiger partial charge in [-0.3, -0.25) is 4.79 Å². The van der Waals surface area contributed by atoms with E-state index in [1.807, 2.05) is 0 Å². The highest BCUT2D eigenvalue weighted by molar-refractivity contribution is 7.90. The van der Waals surface area contributed by atoms with Crippen molar-refractivity contribution < 1.29 is 13.2 Å². The van der Waals surface area contributed by atoms with Crippen LogP contribution in [-0.2, 0) is 9.84 Å². The van der Waals surface area contributed by atoms with Gasteiger partial charge in [-0.2, -0.15) is 0 Å². The molecule has 0 spiro atoms. The number of amides is 1. The zero-order valence-electron chi connectivity index (χ0n) is 8.52. The van der Waals surface area contributed by atoms with Gasteiger partial charge >= 0.3 is 0 Å². The Balaban J connectivity index is 2.78. The number of hydrogen-bond donors (Lipinski definition) is 2. The fourth-order valence-electron chi connectivity index (χ4n) is 1.53. The van der Waals surface area contributed by atoms with Gasteiger partial charge in [0.25, 0.3) is 5.91 Å². The van der Waals surface area contributed by atoms with Crippen LogP contribution in [0.2, 0.25) is 0 Å². The molecule has 6 heteroatoms. The zero-order valence-corrected chi connectivity index (χ0v) is 9.34. The van der Waals surface area contributed by atoms with E-state index in [4.69, 9.17) is 5.73 Å². The number of aromatic nitrogens is 1. The molecule has 0 saturated heterocycles. The first-order chi connectivity index (χ1) is 7.39. The SMILES string of the molecule is CS(=O)(=O)c1ccc2[nH]cc(C(N)=O)c2c1. The second-order valence-electron chi connectivity index (χ2n) is 3.55. The molecular formula is C10H10N2O3S. The average Bonchev–Trinajstić information content (AvgIpc) is 2.58. The molecule has 0 saturated carbocycles. The predicted molar refractivity (Wildman–Crippen MR) is 59.9 cm³/mol. The molecular weight excluding hydrogens is 228 g/mol. The Labute approximate surface area is 92.2 Å². The molecule has 3 N–H and O–H groups in total. The van der Waals surface area contributed by atoms with Gasteiger partial charge in [0.2, 0.25) is 0 Å². The van der Waals surface area contributed by atoms with Crippen LogP contribution in [0.15, 0.2) is 29.3 Å². The van der Waals surface area contributed by atoms with Gasteiger partial charge < -0.3 is 10.7 Å². The second-order valence-corrected chi connectivity index (χ2v) is 5.56. The zero-order chi connectivity index (χ0) is 11.9. The maximum atomic E-state index is 11.4. The van der Waals surface area contributed by atoms with Crippen molar-refractivity contribution in [3.8, 4) is 0 Å². The number of aromatic amines is 1. The second kappa shape index (κ2) is 3.34. The van der Waals surface area contributed by atoms with E-state index in [1.165, 1.54) is 18.3 Å². The number of primary amides is 1. The largest absolute Gasteiger partial charge is 0.366 e. The van der Waals surface area contributed by atoms with Crippen molar-refractivity contribution in [2.75, 3.05) is 6.26 Å². The summed E-state index contributed by atoms with van der Waals surface area (Å²) in [6.07, 6.45) is 2.59. The van der Waals surface area contributed by atoms with Crippen molar-refractivity contribution in [2.24, 2.45) is 5.73 Å². The van der Waals surface area contributed by atoms with Crippen LogP contribution in [0.4, 0.5) is 0 Å². The highest BCUT2D eigenvalue weighted by Gasteiger charge is 2.12. The summed E-state index contributed by atoms with van der Waals surface area (Å²) in [4.78, 5) is 14.1. The number of carbonyl (C=O) groups is 1. The van der Waals surface area contributed by atoms with Gasteiger partial charge in [0, 0.05) is 23.4 Å². The lowest BCUT2D eigenvalue weighted by atomic mass is 10.2. The molecule has 84 valence electrons. The highest BCUT2D eigenvalue weighted by atomic mass is 32.2. The van der Waals surface area contributed by atoms with Gasteiger partial charge in [-0.1, -0.05) is 0 Å². The Morgan fingerprint density at radius 1 is 1.38 bits per heavy atom. The summed E-state index contributed by atoms with van der Waals surface area (Å²) in [5.41, 5.74) is 6.15. The number of fused-ring (bicyclic) bond motifs is 1. The van der Waals surface area contributed by atoms with E-state index in [0.717, 1.165) is 6.26 Å². The smallest absolute Gasteiger partial charge is 0.250 e. The average molecular weight is 238 g/mol. The molecule has 1 aromatic carbocycles. The summed E-state index contributed by atoms with van der Waals surface area (Å²) < 4.78 is 22.7. The number of H-pyrrole nitrogens is 1. The first-order valence-electron chi connectivity index (χ1n) is 4.50. The Hall–Kier alpha value is -1.82. The third-order valence-electron chi connectivity index (χ3n) is 2.35. The summed E-state index contributed by atoms with van der Waals surface area (Å²) in [6, 6.07) is 4.54. The first kappa shape index (κ1) is 10.7. The molecule has 0 aliphatic heterocycles. The maximum absolute atomic E-state index is 11.4. The maximum Gasteiger partial charge on any atom is 0.250 e. The fraction of sp³-hybridized carbons (Fsp3) is 0.100. The van der Waals surface area contributed by atoms with Gasteiger partial charge in [-0.25, -0.2) is 8.42 Å². The first-order valence-corrected chi connectivity index (χ1v) is 6.40. The summed E-state index contributed by atoms with van der Waals surface area (Å²) in [5, 5.41) is 0.524. The lowest BCUT2D eigenvalue weighted by Gasteiger charge is -1.99.